The third kappa shape index (κ3) is 3.86. The third-order valence-electron chi connectivity index (χ3n) is 2.75. The number of nitrogens with one attached hydrogen (secondary N) is 1. The first-order valence-electron chi connectivity index (χ1n) is 5.65. The maximum absolute atomic E-state index is 5.51. The van der Waals surface area contributed by atoms with Gasteiger partial charge in [0, 0.05) is 16.0 Å². The smallest absolute Gasteiger partial charge is 0.316 e. The van der Waals surface area contributed by atoms with Crippen LogP contribution in [0.4, 0.5) is 0 Å². The topological polar surface area (TPSA) is 47.0 Å². The van der Waals surface area contributed by atoms with Crippen LogP contribution in [0.5, 0.6) is 6.01 Å². The van der Waals surface area contributed by atoms with Crippen LogP contribution >= 0.6 is 22.6 Å². The fourth-order valence-electron chi connectivity index (χ4n) is 1.86. The molecule has 0 bridgehead atoms. The zero-order valence-electron chi connectivity index (χ0n) is 9.16. The molecule has 1 aliphatic heterocycles. The molecule has 88 valence electrons. The normalized spacial score (nSPS) is 20.7. The van der Waals surface area contributed by atoms with E-state index < -0.39 is 0 Å². The minimum atomic E-state index is 0.490. The fraction of sp³-hybridized carbons (Fsp3) is 0.636. The zero-order valence-corrected chi connectivity index (χ0v) is 11.3. The Morgan fingerprint density at radius 1 is 1.44 bits per heavy atom. The van der Waals surface area contributed by atoms with Crippen LogP contribution < -0.4 is 10.1 Å². The van der Waals surface area contributed by atoms with Gasteiger partial charge in [-0.1, -0.05) is 0 Å². The highest BCUT2D eigenvalue weighted by molar-refractivity contribution is 14.1. The van der Waals surface area contributed by atoms with Gasteiger partial charge in [-0.3, -0.25) is 0 Å². The van der Waals surface area contributed by atoms with Crippen LogP contribution in [0, 0.1) is 9.49 Å². The van der Waals surface area contributed by atoms with Gasteiger partial charge in [-0.05, 0) is 60.9 Å². The van der Waals surface area contributed by atoms with Gasteiger partial charge in [-0.2, -0.15) is 0 Å². The first kappa shape index (κ1) is 12.0. The van der Waals surface area contributed by atoms with Crippen molar-refractivity contribution in [3.63, 3.8) is 0 Å². The molecule has 1 aromatic rings. The molecule has 0 aromatic carbocycles. The van der Waals surface area contributed by atoms with Gasteiger partial charge in [0.1, 0.15) is 0 Å². The molecule has 1 aromatic heterocycles. The Morgan fingerprint density at radius 3 is 2.94 bits per heavy atom. The van der Waals surface area contributed by atoms with Gasteiger partial charge in [0.2, 0.25) is 0 Å². The van der Waals surface area contributed by atoms with Gasteiger partial charge in [0.25, 0.3) is 0 Å². The van der Waals surface area contributed by atoms with Gasteiger partial charge in [-0.15, -0.1) is 0 Å². The zero-order chi connectivity index (χ0) is 11.2. The number of nitrogens with zero attached hydrogens (tertiary/aromatic N) is 2. The van der Waals surface area contributed by atoms with Gasteiger partial charge in [0.15, 0.2) is 0 Å². The lowest BCUT2D eigenvalue weighted by molar-refractivity contribution is 0.239. The average molecular weight is 333 g/mol. The standard InChI is InChI=1S/C11H16IN3O/c12-10-7-14-11(15-8-10)16-5-3-9-2-1-4-13-6-9/h7-9,13H,1-6H2. The quantitative estimate of drug-likeness (QED) is 0.855. The number of rotatable bonds is 4. The van der Waals surface area contributed by atoms with Crippen molar-refractivity contribution in [1.29, 1.82) is 0 Å². The summed E-state index contributed by atoms with van der Waals surface area (Å²) < 4.78 is 6.54. The number of piperidine rings is 1. The number of ether oxygens (including phenoxy) is 1. The molecule has 1 atom stereocenters. The maximum Gasteiger partial charge on any atom is 0.316 e. The molecule has 1 fully saturated rings. The van der Waals surface area contributed by atoms with Crippen molar-refractivity contribution in [2.24, 2.45) is 5.92 Å². The molecule has 5 heteroatoms. The Balaban J connectivity index is 1.69. The highest BCUT2D eigenvalue weighted by atomic mass is 127. The summed E-state index contributed by atoms with van der Waals surface area (Å²) in [4.78, 5) is 8.21. The van der Waals surface area contributed by atoms with Crippen LogP contribution in [0.1, 0.15) is 19.3 Å². The molecular weight excluding hydrogens is 317 g/mol. The lowest BCUT2D eigenvalue weighted by Crippen LogP contribution is -2.30. The lowest BCUT2D eigenvalue weighted by atomic mass is 9.97. The summed E-state index contributed by atoms with van der Waals surface area (Å²) in [5, 5.41) is 3.40. The molecule has 0 saturated carbocycles. The minimum Gasteiger partial charge on any atom is -0.463 e. The summed E-state index contributed by atoms with van der Waals surface area (Å²) in [5.74, 6) is 0.748. The van der Waals surface area contributed by atoms with Crippen LogP contribution in [0.25, 0.3) is 0 Å². The minimum absolute atomic E-state index is 0.490. The highest BCUT2D eigenvalue weighted by Gasteiger charge is 2.12. The van der Waals surface area contributed by atoms with E-state index in [-0.39, 0.29) is 0 Å². The monoisotopic (exact) mass is 333 g/mol. The lowest BCUT2D eigenvalue weighted by Gasteiger charge is -2.22. The Hall–Kier alpha value is -0.430. The summed E-state index contributed by atoms with van der Waals surface area (Å²) in [6, 6.07) is 0.490. The van der Waals surface area contributed by atoms with Gasteiger partial charge in [-0.25, -0.2) is 9.97 Å². The molecule has 16 heavy (non-hydrogen) atoms. The van der Waals surface area contributed by atoms with Gasteiger partial charge >= 0.3 is 6.01 Å². The Labute approximate surface area is 109 Å². The fourth-order valence-corrected chi connectivity index (χ4v) is 2.14. The van der Waals surface area contributed by atoms with Crippen molar-refractivity contribution < 1.29 is 4.74 Å². The van der Waals surface area contributed by atoms with E-state index in [9.17, 15) is 0 Å². The Bertz CT molecular complexity index is 312. The molecule has 2 rings (SSSR count). The number of halogens is 1. The Kier molecular flexibility index (Phi) is 4.77. The van der Waals surface area contributed by atoms with E-state index in [4.69, 9.17) is 4.74 Å². The molecule has 0 spiro atoms. The summed E-state index contributed by atoms with van der Waals surface area (Å²) in [6.07, 6.45) is 7.22. The van der Waals surface area contributed by atoms with Gasteiger partial charge in [0.05, 0.1) is 6.61 Å². The van der Waals surface area contributed by atoms with Crippen LogP contribution in [-0.4, -0.2) is 29.7 Å². The number of hydrogen-bond donors (Lipinski definition) is 1. The molecular formula is C11H16IN3O. The molecule has 0 radical (unpaired) electrons. The highest BCUT2D eigenvalue weighted by Crippen LogP contribution is 2.14. The second-order valence-corrected chi connectivity index (χ2v) is 5.28. The van der Waals surface area contributed by atoms with E-state index in [1.54, 1.807) is 12.4 Å². The van der Waals surface area contributed by atoms with E-state index in [0.29, 0.717) is 12.6 Å². The SMILES string of the molecule is Ic1cnc(OCCC2CCCNC2)nc1. The number of aromatic nitrogens is 2. The molecule has 1 N–H and O–H groups in total. The van der Waals surface area contributed by atoms with Crippen LogP contribution in [0.15, 0.2) is 12.4 Å². The summed E-state index contributed by atoms with van der Waals surface area (Å²) in [7, 11) is 0. The second kappa shape index (κ2) is 6.34. The third-order valence-corrected chi connectivity index (χ3v) is 3.31. The van der Waals surface area contributed by atoms with Crippen molar-refractivity contribution in [3.8, 4) is 6.01 Å². The van der Waals surface area contributed by atoms with Crippen molar-refractivity contribution >= 4 is 22.6 Å². The summed E-state index contributed by atoms with van der Waals surface area (Å²) in [6.45, 7) is 3.00. The van der Waals surface area contributed by atoms with Crippen LogP contribution in [0.3, 0.4) is 0 Å². The van der Waals surface area contributed by atoms with Crippen LogP contribution in [-0.2, 0) is 0 Å². The van der Waals surface area contributed by atoms with Gasteiger partial charge < -0.3 is 10.1 Å². The van der Waals surface area contributed by atoms with Crippen molar-refractivity contribution in [2.45, 2.75) is 19.3 Å². The predicted molar refractivity (Wildman–Crippen MR) is 70.5 cm³/mol. The molecule has 0 amide bonds. The maximum atomic E-state index is 5.51. The van der Waals surface area contributed by atoms with Crippen molar-refractivity contribution in [3.05, 3.63) is 16.0 Å². The molecule has 0 aliphatic carbocycles. The Morgan fingerprint density at radius 2 is 2.25 bits per heavy atom. The van der Waals surface area contributed by atoms with E-state index in [2.05, 4.69) is 37.9 Å². The molecule has 1 unspecified atom stereocenters. The van der Waals surface area contributed by atoms with E-state index >= 15 is 0 Å². The molecule has 4 nitrogen and oxygen atoms in total. The van der Waals surface area contributed by atoms with Crippen molar-refractivity contribution in [1.82, 2.24) is 15.3 Å². The largest absolute Gasteiger partial charge is 0.463 e. The predicted octanol–water partition coefficient (Wildman–Crippen LogP) is 1.85. The average Bonchev–Trinajstić information content (AvgIpc) is 2.33. The summed E-state index contributed by atoms with van der Waals surface area (Å²) in [5.41, 5.74) is 0. The first-order chi connectivity index (χ1) is 7.84. The molecule has 2 heterocycles. The number of hydrogen-bond acceptors (Lipinski definition) is 4. The van der Waals surface area contributed by atoms with Crippen LogP contribution in [0.2, 0.25) is 0 Å². The summed E-state index contributed by atoms with van der Waals surface area (Å²) >= 11 is 2.18. The van der Waals surface area contributed by atoms with E-state index in [1.165, 1.54) is 12.8 Å². The van der Waals surface area contributed by atoms with E-state index in [0.717, 1.165) is 29.0 Å². The molecule has 1 saturated heterocycles. The van der Waals surface area contributed by atoms with Crippen molar-refractivity contribution in [2.75, 3.05) is 19.7 Å². The second-order valence-electron chi connectivity index (χ2n) is 4.03. The molecule has 1 aliphatic rings. The first-order valence-corrected chi connectivity index (χ1v) is 6.73. The van der Waals surface area contributed by atoms with E-state index in [1.807, 2.05) is 0 Å².